The van der Waals surface area contributed by atoms with Crippen molar-refractivity contribution in [1.82, 2.24) is 15.0 Å². The number of methoxy groups -OCH3 is 1. The van der Waals surface area contributed by atoms with Crippen LogP contribution >= 0.6 is 11.6 Å². The standard InChI is InChI=1S/C14H19ClN6O/c1-4-16-12-19-13(17-5-2)21-14(20-12)18-10-8-9(15)6-7-11(10)22-3/h6-8H,4-5H2,1-3H3,(H3,16,17,18,19,20,21). The summed E-state index contributed by atoms with van der Waals surface area (Å²) in [4.78, 5) is 12.9. The number of hydrogen-bond acceptors (Lipinski definition) is 7. The molecule has 118 valence electrons. The molecule has 0 fully saturated rings. The third-order valence-corrected chi connectivity index (χ3v) is 2.95. The van der Waals surface area contributed by atoms with E-state index in [1.54, 1.807) is 25.3 Å². The number of nitrogens with one attached hydrogen (secondary N) is 3. The number of ether oxygens (including phenoxy) is 1. The predicted molar refractivity (Wildman–Crippen MR) is 89.4 cm³/mol. The van der Waals surface area contributed by atoms with Crippen LogP contribution in [0.5, 0.6) is 5.75 Å². The number of halogens is 1. The molecule has 0 atom stereocenters. The maximum Gasteiger partial charge on any atom is 0.233 e. The summed E-state index contributed by atoms with van der Waals surface area (Å²) >= 11 is 6.03. The molecule has 0 unspecified atom stereocenters. The van der Waals surface area contributed by atoms with Gasteiger partial charge >= 0.3 is 0 Å². The van der Waals surface area contributed by atoms with Crippen molar-refractivity contribution in [2.24, 2.45) is 0 Å². The molecule has 2 aromatic rings. The van der Waals surface area contributed by atoms with Gasteiger partial charge in [-0.25, -0.2) is 0 Å². The minimum absolute atomic E-state index is 0.405. The molecule has 22 heavy (non-hydrogen) atoms. The molecule has 0 aliphatic carbocycles. The highest BCUT2D eigenvalue weighted by Gasteiger charge is 2.09. The Morgan fingerprint density at radius 1 is 1.00 bits per heavy atom. The fourth-order valence-electron chi connectivity index (χ4n) is 1.80. The molecule has 0 saturated heterocycles. The maximum atomic E-state index is 6.03. The van der Waals surface area contributed by atoms with E-state index in [4.69, 9.17) is 16.3 Å². The monoisotopic (exact) mass is 322 g/mol. The zero-order valence-corrected chi connectivity index (χ0v) is 13.5. The molecule has 1 aromatic carbocycles. The van der Waals surface area contributed by atoms with Crippen LogP contribution in [0.4, 0.5) is 23.5 Å². The lowest BCUT2D eigenvalue weighted by Crippen LogP contribution is -2.11. The van der Waals surface area contributed by atoms with Gasteiger partial charge in [-0.2, -0.15) is 15.0 Å². The van der Waals surface area contributed by atoms with Crippen LogP contribution in [-0.2, 0) is 0 Å². The third kappa shape index (κ3) is 4.11. The number of nitrogens with zero attached hydrogens (tertiary/aromatic N) is 3. The average Bonchev–Trinajstić information content (AvgIpc) is 2.48. The van der Waals surface area contributed by atoms with Crippen molar-refractivity contribution in [3.63, 3.8) is 0 Å². The van der Waals surface area contributed by atoms with Crippen molar-refractivity contribution in [1.29, 1.82) is 0 Å². The lowest BCUT2D eigenvalue weighted by atomic mass is 10.3. The van der Waals surface area contributed by atoms with Crippen LogP contribution in [0.2, 0.25) is 5.02 Å². The van der Waals surface area contributed by atoms with E-state index >= 15 is 0 Å². The normalized spacial score (nSPS) is 10.2. The number of aromatic nitrogens is 3. The first kappa shape index (κ1) is 16.1. The van der Waals surface area contributed by atoms with Crippen LogP contribution < -0.4 is 20.7 Å². The van der Waals surface area contributed by atoms with E-state index in [1.807, 2.05) is 13.8 Å². The second-order valence-electron chi connectivity index (χ2n) is 4.34. The van der Waals surface area contributed by atoms with Gasteiger partial charge in [0.2, 0.25) is 17.8 Å². The van der Waals surface area contributed by atoms with Gasteiger partial charge in [0.1, 0.15) is 5.75 Å². The van der Waals surface area contributed by atoms with Crippen LogP contribution in [0.3, 0.4) is 0 Å². The highest BCUT2D eigenvalue weighted by molar-refractivity contribution is 6.30. The smallest absolute Gasteiger partial charge is 0.233 e. The quantitative estimate of drug-likeness (QED) is 0.722. The van der Waals surface area contributed by atoms with Crippen molar-refractivity contribution in [3.8, 4) is 5.75 Å². The Hall–Kier alpha value is -2.28. The molecule has 1 heterocycles. The van der Waals surface area contributed by atoms with E-state index in [9.17, 15) is 0 Å². The molecule has 8 heteroatoms. The van der Waals surface area contributed by atoms with E-state index in [0.29, 0.717) is 34.3 Å². The first-order valence-corrected chi connectivity index (χ1v) is 7.38. The highest BCUT2D eigenvalue weighted by atomic mass is 35.5. The molecular weight excluding hydrogens is 304 g/mol. The molecule has 0 saturated carbocycles. The number of rotatable bonds is 7. The maximum absolute atomic E-state index is 6.03. The lowest BCUT2D eigenvalue weighted by molar-refractivity contribution is 0.417. The molecule has 0 aliphatic heterocycles. The van der Waals surface area contributed by atoms with Gasteiger partial charge < -0.3 is 20.7 Å². The summed E-state index contributed by atoms with van der Waals surface area (Å²) in [5.41, 5.74) is 0.686. The Bertz CT molecular complexity index is 612. The summed E-state index contributed by atoms with van der Waals surface area (Å²) in [6, 6.07) is 5.29. The van der Waals surface area contributed by atoms with Gasteiger partial charge in [0.15, 0.2) is 0 Å². The Labute approximate surface area is 134 Å². The van der Waals surface area contributed by atoms with Gasteiger partial charge in [-0.15, -0.1) is 0 Å². The molecule has 3 N–H and O–H groups in total. The van der Waals surface area contributed by atoms with Gasteiger partial charge in [0, 0.05) is 18.1 Å². The number of benzene rings is 1. The van der Waals surface area contributed by atoms with E-state index in [-0.39, 0.29) is 0 Å². The SMILES string of the molecule is CCNc1nc(NCC)nc(Nc2cc(Cl)ccc2OC)n1. The second kappa shape index (κ2) is 7.65. The van der Waals surface area contributed by atoms with E-state index in [0.717, 1.165) is 13.1 Å². The summed E-state index contributed by atoms with van der Waals surface area (Å²) in [5, 5.41) is 9.85. The summed E-state index contributed by atoms with van der Waals surface area (Å²) in [5.74, 6) is 2.05. The molecule has 1 aromatic heterocycles. The largest absolute Gasteiger partial charge is 0.495 e. The Morgan fingerprint density at radius 3 is 2.14 bits per heavy atom. The fraction of sp³-hybridized carbons (Fsp3) is 0.357. The number of hydrogen-bond donors (Lipinski definition) is 3. The van der Waals surface area contributed by atoms with Crippen LogP contribution in [0.15, 0.2) is 18.2 Å². The molecule has 7 nitrogen and oxygen atoms in total. The predicted octanol–water partition coefficient (Wildman–Crippen LogP) is 3.14. The van der Waals surface area contributed by atoms with E-state index < -0.39 is 0 Å². The minimum atomic E-state index is 0.405. The third-order valence-electron chi connectivity index (χ3n) is 2.71. The first-order valence-electron chi connectivity index (χ1n) is 7.00. The topological polar surface area (TPSA) is 84.0 Å². The second-order valence-corrected chi connectivity index (χ2v) is 4.77. The highest BCUT2D eigenvalue weighted by Crippen LogP contribution is 2.29. The van der Waals surface area contributed by atoms with Crippen molar-refractivity contribution in [2.75, 3.05) is 36.1 Å². The Morgan fingerprint density at radius 2 is 1.59 bits per heavy atom. The number of anilines is 4. The van der Waals surface area contributed by atoms with Gasteiger partial charge in [-0.05, 0) is 32.0 Å². The van der Waals surface area contributed by atoms with Crippen molar-refractivity contribution in [2.45, 2.75) is 13.8 Å². The zero-order chi connectivity index (χ0) is 15.9. The first-order chi connectivity index (χ1) is 10.7. The zero-order valence-electron chi connectivity index (χ0n) is 12.8. The van der Waals surface area contributed by atoms with Gasteiger partial charge in [-0.3, -0.25) is 0 Å². The van der Waals surface area contributed by atoms with Crippen LogP contribution in [0.1, 0.15) is 13.8 Å². The Balaban J connectivity index is 2.33. The molecule has 2 rings (SSSR count). The molecule has 0 radical (unpaired) electrons. The molecular formula is C14H19ClN6O. The van der Waals surface area contributed by atoms with Gasteiger partial charge in [0.25, 0.3) is 0 Å². The fourth-order valence-corrected chi connectivity index (χ4v) is 1.98. The summed E-state index contributed by atoms with van der Waals surface area (Å²) in [7, 11) is 1.59. The molecule has 0 aliphatic rings. The molecule has 0 bridgehead atoms. The van der Waals surface area contributed by atoms with Gasteiger partial charge in [-0.1, -0.05) is 11.6 Å². The summed E-state index contributed by atoms with van der Waals surface area (Å²) in [6.07, 6.45) is 0. The van der Waals surface area contributed by atoms with Crippen molar-refractivity contribution >= 4 is 35.1 Å². The van der Waals surface area contributed by atoms with Crippen LogP contribution in [0.25, 0.3) is 0 Å². The summed E-state index contributed by atoms with van der Waals surface area (Å²) in [6.45, 7) is 5.39. The Kier molecular flexibility index (Phi) is 5.60. The average molecular weight is 323 g/mol. The van der Waals surface area contributed by atoms with Gasteiger partial charge in [0.05, 0.1) is 12.8 Å². The van der Waals surface area contributed by atoms with Crippen molar-refractivity contribution < 1.29 is 4.74 Å². The van der Waals surface area contributed by atoms with Crippen molar-refractivity contribution in [3.05, 3.63) is 23.2 Å². The van der Waals surface area contributed by atoms with E-state index in [2.05, 4.69) is 30.9 Å². The van der Waals surface area contributed by atoms with E-state index in [1.165, 1.54) is 0 Å². The molecule has 0 amide bonds. The van der Waals surface area contributed by atoms with Crippen LogP contribution in [0, 0.1) is 0 Å². The molecule has 0 spiro atoms. The minimum Gasteiger partial charge on any atom is -0.495 e. The summed E-state index contributed by atoms with van der Waals surface area (Å²) < 4.78 is 5.30. The lowest BCUT2D eigenvalue weighted by Gasteiger charge is -2.12. The van der Waals surface area contributed by atoms with Crippen LogP contribution in [-0.4, -0.2) is 35.2 Å².